The highest BCUT2D eigenvalue weighted by atomic mass is 16.2. The van der Waals surface area contributed by atoms with E-state index in [9.17, 15) is 14.4 Å². The number of carbonyl (C=O) groups excluding carboxylic acids is 3. The third-order valence-electron chi connectivity index (χ3n) is 4.43. The van der Waals surface area contributed by atoms with Crippen molar-refractivity contribution in [1.29, 1.82) is 0 Å². The van der Waals surface area contributed by atoms with Crippen LogP contribution in [-0.4, -0.2) is 32.3 Å². The zero-order valence-corrected chi connectivity index (χ0v) is 15.5. The number of carbonyl (C=O) groups is 3. The molecule has 144 valence electrons. The van der Waals surface area contributed by atoms with Crippen LogP contribution >= 0.6 is 0 Å². The number of aryl methyl sites for hydroxylation is 2. The molecule has 0 fully saturated rings. The lowest BCUT2D eigenvalue weighted by Crippen LogP contribution is -2.41. The Balaban J connectivity index is 1.65. The Bertz CT molecular complexity index is 1060. The van der Waals surface area contributed by atoms with Gasteiger partial charge in [-0.1, -0.05) is 18.2 Å². The van der Waals surface area contributed by atoms with E-state index in [4.69, 9.17) is 5.73 Å². The largest absolute Gasteiger partial charge is 0.365 e. The van der Waals surface area contributed by atoms with Gasteiger partial charge in [-0.15, -0.1) is 0 Å². The highest BCUT2D eigenvalue weighted by Gasteiger charge is 2.17. The number of aromatic nitrogens is 3. The fourth-order valence-electron chi connectivity index (χ4n) is 2.94. The number of fused-ring (bicyclic) bond motifs is 1. The zero-order valence-electron chi connectivity index (χ0n) is 15.5. The Kier molecular flexibility index (Phi) is 5.35. The quantitative estimate of drug-likeness (QED) is 0.564. The van der Waals surface area contributed by atoms with E-state index in [0.29, 0.717) is 23.3 Å². The highest BCUT2D eigenvalue weighted by Crippen LogP contribution is 2.18. The van der Waals surface area contributed by atoms with Crippen molar-refractivity contribution in [3.63, 3.8) is 0 Å². The fraction of sp³-hybridized carbons (Fsp3) is 0.211. The van der Waals surface area contributed by atoms with Gasteiger partial charge in [-0.25, -0.2) is 9.50 Å². The second kappa shape index (κ2) is 7.87. The van der Waals surface area contributed by atoms with Gasteiger partial charge in [-0.3, -0.25) is 25.2 Å². The van der Waals surface area contributed by atoms with Crippen molar-refractivity contribution in [3.8, 4) is 0 Å². The van der Waals surface area contributed by atoms with E-state index < -0.39 is 5.91 Å². The molecule has 2 aromatic heterocycles. The molecule has 0 atom stereocenters. The van der Waals surface area contributed by atoms with Crippen molar-refractivity contribution >= 4 is 23.4 Å². The monoisotopic (exact) mass is 380 g/mol. The molecule has 0 radical (unpaired) electrons. The number of hydrogen-bond acceptors (Lipinski definition) is 5. The van der Waals surface area contributed by atoms with Gasteiger partial charge in [0.25, 0.3) is 11.8 Å². The number of nitrogens with zero attached hydrogens (tertiary/aromatic N) is 3. The van der Waals surface area contributed by atoms with Crippen LogP contribution in [0.5, 0.6) is 0 Å². The van der Waals surface area contributed by atoms with Crippen LogP contribution in [0, 0.1) is 13.8 Å². The van der Waals surface area contributed by atoms with Crippen LogP contribution in [0.4, 0.5) is 0 Å². The van der Waals surface area contributed by atoms with Gasteiger partial charge in [0.2, 0.25) is 5.91 Å². The summed E-state index contributed by atoms with van der Waals surface area (Å²) in [5, 5.41) is 4.16. The van der Waals surface area contributed by atoms with Crippen molar-refractivity contribution in [3.05, 3.63) is 64.6 Å². The molecule has 28 heavy (non-hydrogen) atoms. The summed E-state index contributed by atoms with van der Waals surface area (Å²) < 4.78 is 1.54. The summed E-state index contributed by atoms with van der Waals surface area (Å²) in [5.74, 6) is -1.32. The smallest absolute Gasteiger partial charge is 0.269 e. The molecule has 0 unspecified atom stereocenters. The van der Waals surface area contributed by atoms with Gasteiger partial charge >= 0.3 is 0 Å². The Labute approximate surface area is 160 Å². The summed E-state index contributed by atoms with van der Waals surface area (Å²) in [6.45, 7) is 3.64. The Morgan fingerprint density at radius 1 is 1.11 bits per heavy atom. The summed E-state index contributed by atoms with van der Waals surface area (Å²) >= 11 is 0. The number of primary amides is 1. The number of hydrogen-bond donors (Lipinski definition) is 3. The highest BCUT2D eigenvalue weighted by molar-refractivity contribution is 5.98. The maximum absolute atomic E-state index is 12.1. The van der Waals surface area contributed by atoms with Crippen molar-refractivity contribution in [2.45, 2.75) is 26.7 Å². The molecule has 0 saturated heterocycles. The molecular weight excluding hydrogens is 360 g/mol. The Morgan fingerprint density at radius 3 is 2.50 bits per heavy atom. The summed E-state index contributed by atoms with van der Waals surface area (Å²) in [7, 11) is 0. The first kappa shape index (κ1) is 19.0. The molecule has 3 aromatic rings. The van der Waals surface area contributed by atoms with Crippen LogP contribution in [0.15, 0.2) is 36.5 Å². The van der Waals surface area contributed by atoms with E-state index >= 15 is 0 Å². The molecule has 0 spiro atoms. The lowest BCUT2D eigenvalue weighted by atomic mass is 10.1. The van der Waals surface area contributed by atoms with Gasteiger partial charge in [-0.05, 0) is 38.0 Å². The predicted octanol–water partition coefficient (Wildman–Crippen LogP) is 0.839. The molecule has 0 bridgehead atoms. The molecular formula is C19H20N6O3. The van der Waals surface area contributed by atoms with E-state index in [-0.39, 0.29) is 23.8 Å². The average molecular weight is 380 g/mol. The zero-order chi connectivity index (χ0) is 20.3. The first-order chi connectivity index (χ1) is 13.4. The van der Waals surface area contributed by atoms with Gasteiger partial charge in [0.1, 0.15) is 5.56 Å². The van der Waals surface area contributed by atoms with Crippen LogP contribution < -0.4 is 16.6 Å². The molecule has 9 nitrogen and oxygen atoms in total. The molecule has 0 aliphatic rings. The van der Waals surface area contributed by atoms with E-state index in [1.807, 2.05) is 6.92 Å². The summed E-state index contributed by atoms with van der Waals surface area (Å²) in [4.78, 5) is 39.9. The van der Waals surface area contributed by atoms with Crippen LogP contribution in [0.1, 0.15) is 44.1 Å². The van der Waals surface area contributed by atoms with Gasteiger partial charge in [-0.2, -0.15) is 5.10 Å². The standard InChI is InChI=1S/C19H20N6O3/c1-11-14(12(2)25-18(22-11)15(10-21-25)17(20)27)8-9-16(26)23-24-19(28)13-6-4-3-5-7-13/h3-7,10H,8-9H2,1-2H3,(H2,20,27)(H,23,26)(H,24,28). The number of rotatable bonds is 5. The minimum absolute atomic E-state index is 0.147. The van der Waals surface area contributed by atoms with Gasteiger partial charge < -0.3 is 5.73 Å². The van der Waals surface area contributed by atoms with Crippen LogP contribution in [-0.2, 0) is 11.2 Å². The van der Waals surface area contributed by atoms with E-state index in [2.05, 4.69) is 20.9 Å². The second-order valence-corrected chi connectivity index (χ2v) is 6.29. The van der Waals surface area contributed by atoms with Crippen molar-refractivity contribution < 1.29 is 14.4 Å². The molecule has 0 aliphatic heterocycles. The first-order valence-electron chi connectivity index (χ1n) is 8.66. The third kappa shape index (κ3) is 3.83. The lowest BCUT2D eigenvalue weighted by molar-refractivity contribution is -0.121. The number of benzene rings is 1. The molecule has 0 aliphatic carbocycles. The molecule has 4 N–H and O–H groups in total. The molecule has 0 saturated carbocycles. The average Bonchev–Trinajstić information content (AvgIpc) is 3.10. The second-order valence-electron chi connectivity index (χ2n) is 6.29. The van der Waals surface area contributed by atoms with Gasteiger partial charge in [0.05, 0.1) is 6.20 Å². The van der Waals surface area contributed by atoms with Crippen LogP contribution in [0.2, 0.25) is 0 Å². The maximum atomic E-state index is 12.1. The summed E-state index contributed by atoms with van der Waals surface area (Å²) in [5.41, 5.74) is 13.5. The minimum Gasteiger partial charge on any atom is -0.365 e. The maximum Gasteiger partial charge on any atom is 0.269 e. The topological polar surface area (TPSA) is 131 Å². The number of amides is 3. The Morgan fingerprint density at radius 2 is 1.82 bits per heavy atom. The third-order valence-corrected chi connectivity index (χ3v) is 4.43. The summed E-state index contributed by atoms with van der Waals surface area (Å²) in [6, 6.07) is 8.59. The minimum atomic E-state index is -0.595. The van der Waals surface area contributed by atoms with E-state index in [0.717, 1.165) is 11.3 Å². The normalized spacial score (nSPS) is 10.6. The van der Waals surface area contributed by atoms with Gasteiger partial charge in [0.15, 0.2) is 5.65 Å². The van der Waals surface area contributed by atoms with Crippen molar-refractivity contribution in [1.82, 2.24) is 25.4 Å². The molecule has 9 heteroatoms. The SMILES string of the molecule is Cc1nc2c(C(N)=O)cnn2c(C)c1CCC(=O)NNC(=O)c1ccccc1. The molecule has 3 amide bonds. The molecule has 1 aromatic carbocycles. The van der Waals surface area contributed by atoms with E-state index in [1.54, 1.807) is 37.3 Å². The molecule has 2 heterocycles. The molecule has 3 rings (SSSR count). The van der Waals surface area contributed by atoms with Crippen molar-refractivity contribution in [2.75, 3.05) is 0 Å². The van der Waals surface area contributed by atoms with Crippen LogP contribution in [0.3, 0.4) is 0 Å². The lowest BCUT2D eigenvalue weighted by Gasteiger charge is -2.12. The number of nitrogens with one attached hydrogen (secondary N) is 2. The first-order valence-corrected chi connectivity index (χ1v) is 8.66. The number of hydrazine groups is 1. The van der Waals surface area contributed by atoms with Gasteiger partial charge in [0, 0.05) is 23.4 Å². The van der Waals surface area contributed by atoms with Crippen molar-refractivity contribution in [2.24, 2.45) is 5.73 Å². The predicted molar refractivity (Wildman–Crippen MR) is 101 cm³/mol. The summed E-state index contributed by atoms with van der Waals surface area (Å²) in [6.07, 6.45) is 1.93. The Hall–Kier alpha value is -3.75. The number of nitrogens with two attached hydrogens (primary N) is 1. The van der Waals surface area contributed by atoms with Crippen LogP contribution in [0.25, 0.3) is 5.65 Å². The fourth-order valence-corrected chi connectivity index (χ4v) is 2.94. The van der Waals surface area contributed by atoms with E-state index in [1.165, 1.54) is 10.7 Å².